The number of hydrogen-bond donors (Lipinski definition) is 2. The number of piperazine rings is 1. The molecule has 1 aromatic rings. The third-order valence-electron chi connectivity index (χ3n) is 5.20. The Morgan fingerprint density at radius 3 is 2.65 bits per heavy atom. The molecule has 2 heterocycles. The highest BCUT2D eigenvalue weighted by molar-refractivity contribution is 5.74. The second-order valence-electron chi connectivity index (χ2n) is 7.01. The normalized spacial score (nSPS) is 19.3. The highest BCUT2D eigenvalue weighted by Crippen LogP contribution is 2.26. The quantitative estimate of drug-likeness (QED) is 0.832. The third-order valence-corrected chi connectivity index (χ3v) is 5.20. The summed E-state index contributed by atoms with van der Waals surface area (Å²) >= 11 is 0. The summed E-state index contributed by atoms with van der Waals surface area (Å²) in [5.41, 5.74) is 0.842. The largest absolute Gasteiger partial charge is 0.504 e. The van der Waals surface area contributed by atoms with Crippen molar-refractivity contribution in [3.8, 4) is 11.5 Å². The van der Waals surface area contributed by atoms with Gasteiger partial charge in [0.15, 0.2) is 11.5 Å². The van der Waals surface area contributed by atoms with E-state index < -0.39 is 0 Å². The van der Waals surface area contributed by atoms with Gasteiger partial charge in [-0.1, -0.05) is 6.07 Å². The number of phenols is 1. The molecule has 0 bridgehead atoms. The zero-order valence-corrected chi connectivity index (χ0v) is 15.4. The number of nitrogens with one attached hydrogen (secondary N) is 1. The van der Waals surface area contributed by atoms with Crippen molar-refractivity contribution in [1.82, 2.24) is 15.1 Å². The molecule has 144 valence electrons. The first-order chi connectivity index (χ1) is 12.7. The van der Waals surface area contributed by atoms with Crippen molar-refractivity contribution < 1.29 is 19.4 Å². The Labute approximate surface area is 154 Å². The van der Waals surface area contributed by atoms with E-state index >= 15 is 0 Å². The topological polar surface area (TPSA) is 74.3 Å². The standard InChI is InChI=1S/C19H29N3O4/c1-25-18-3-2-16(12-17(18)23)13-20-19(24)22-8-6-21(7-9-22)14-15-4-10-26-11-5-15/h2-3,12,15,23H,4-11,13-14H2,1H3,(H,20,24). The molecule has 2 aliphatic rings. The third kappa shape index (κ3) is 5.02. The summed E-state index contributed by atoms with van der Waals surface area (Å²) in [5, 5.41) is 12.7. The van der Waals surface area contributed by atoms with Gasteiger partial charge in [-0.05, 0) is 36.5 Å². The van der Waals surface area contributed by atoms with E-state index in [0.29, 0.717) is 12.3 Å². The van der Waals surface area contributed by atoms with Crippen LogP contribution in [0.3, 0.4) is 0 Å². The van der Waals surface area contributed by atoms with Crippen molar-refractivity contribution in [2.45, 2.75) is 19.4 Å². The summed E-state index contributed by atoms with van der Waals surface area (Å²) < 4.78 is 10.4. The van der Waals surface area contributed by atoms with Crippen molar-refractivity contribution in [3.63, 3.8) is 0 Å². The zero-order chi connectivity index (χ0) is 18.4. The number of phenolic OH excluding ortho intramolecular Hbond substituents is 1. The number of aromatic hydroxyl groups is 1. The Bertz CT molecular complexity index is 596. The van der Waals surface area contributed by atoms with Crippen LogP contribution in [0.2, 0.25) is 0 Å². The second kappa shape index (κ2) is 9.09. The van der Waals surface area contributed by atoms with Gasteiger partial charge < -0.3 is 24.8 Å². The molecule has 2 amide bonds. The van der Waals surface area contributed by atoms with Gasteiger partial charge in [-0.15, -0.1) is 0 Å². The highest BCUT2D eigenvalue weighted by atomic mass is 16.5. The van der Waals surface area contributed by atoms with Crippen molar-refractivity contribution in [2.75, 3.05) is 53.0 Å². The Morgan fingerprint density at radius 1 is 1.27 bits per heavy atom. The number of rotatable bonds is 5. The molecule has 26 heavy (non-hydrogen) atoms. The van der Waals surface area contributed by atoms with Crippen molar-refractivity contribution in [2.24, 2.45) is 5.92 Å². The molecule has 0 radical (unpaired) electrons. The Morgan fingerprint density at radius 2 is 2.00 bits per heavy atom. The first kappa shape index (κ1) is 18.8. The number of hydrogen-bond acceptors (Lipinski definition) is 5. The van der Waals surface area contributed by atoms with Gasteiger partial charge in [-0.2, -0.15) is 0 Å². The molecule has 0 spiro atoms. The molecular weight excluding hydrogens is 334 g/mol. The summed E-state index contributed by atoms with van der Waals surface area (Å²) in [6.07, 6.45) is 2.30. The van der Waals surface area contributed by atoms with E-state index in [1.807, 2.05) is 11.0 Å². The fourth-order valence-electron chi connectivity index (χ4n) is 3.56. The van der Waals surface area contributed by atoms with Gasteiger partial charge >= 0.3 is 6.03 Å². The summed E-state index contributed by atoms with van der Waals surface area (Å²) in [6, 6.07) is 5.10. The predicted octanol–water partition coefficient (Wildman–Crippen LogP) is 1.65. The first-order valence-corrected chi connectivity index (χ1v) is 9.34. The van der Waals surface area contributed by atoms with Gasteiger partial charge in [0.2, 0.25) is 0 Å². The molecule has 0 aromatic heterocycles. The van der Waals surface area contributed by atoms with E-state index in [1.165, 1.54) is 7.11 Å². The number of urea groups is 1. The lowest BCUT2D eigenvalue weighted by atomic mass is 9.99. The highest BCUT2D eigenvalue weighted by Gasteiger charge is 2.24. The van der Waals surface area contributed by atoms with Crippen LogP contribution in [0.1, 0.15) is 18.4 Å². The van der Waals surface area contributed by atoms with Crippen molar-refractivity contribution in [1.29, 1.82) is 0 Å². The minimum atomic E-state index is -0.0500. The fraction of sp³-hybridized carbons (Fsp3) is 0.632. The Hall–Kier alpha value is -1.99. The number of nitrogens with zero attached hydrogens (tertiary/aromatic N) is 2. The molecule has 7 heteroatoms. The lowest BCUT2D eigenvalue weighted by molar-refractivity contribution is 0.0452. The van der Waals surface area contributed by atoms with Crippen LogP contribution in [0.5, 0.6) is 11.5 Å². The summed E-state index contributed by atoms with van der Waals surface area (Å²) in [6.45, 7) is 6.62. The van der Waals surface area contributed by atoms with Gasteiger partial charge in [0.05, 0.1) is 7.11 Å². The second-order valence-corrected chi connectivity index (χ2v) is 7.01. The monoisotopic (exact) mass is 363 g/mol. The molecule has 0 atom stereocenters. The van der Waals surface area contributed by atoms with Crippen LogP contribution >= 0.6 is 0 Å². The van der Waals surface area contributed by atoms with Crippen LogP contribution in [-0.2, 0) is 11.3 Å². The van der Waals surface area contributed by atoms with E-state index in [2.05, 4.69) is 10.2 Å². The van der Waals surface area contributed by atoms with Gasteiger partial charge in [-0.3, -0.25) is 4.90 Å². The van der Waals surface area contributed by atoms with Gasteiger partial charge in [0, 0.05) is 52.5 Å². The van der Waals surface area contributed by atoms with E-state index in [-0.39, 0.29) is 11.8 Å². The van der Waals surface area contributed by atoms with E-state index in [0.717, 1.165) is 70.3 Å². The van der Waals surface area contributed by atoms with Crippen LogP contribution in [-0.4, -0.2) is 74.0 Å². The molecule has 2 saturated heterocycles. The average Bonchev–Trinajstić information content (AvgIpc) is 2.67. The van der Waals surface area contributed by atoms with Gasteiger partial charge in [0.25, 0.3) is 0 Å². The minimum Gasteiger partial charge on any atom is -0.504 e. The van der Waals surface area contributed by atoms with E-state index in [4.69, 9.17) is 9.47 Å². The molecule has 3 rings (SSSR count). The maximum Gasteiger partial charge on any atom is 0.317 e. The molecule has 0 unspecified atom stereocenters. The average molecular weight is 363 g/mol. The smallest absolute Gasteiger partial charge is 0.317 e. The van der Waals surface area contributed by atoms with Crippen molar-refractivity contribution >= 4 is 6.03 Å². The van der Waals surface area contributed by atoms with E-state index in [1.54, 1.807) is 12.1 Å². The van der Waals surface area contributed by atoms with Crippen LogP contribution in [0.15, 0.2) is 18.2 Å². The van der Waals surface area contributed by atoms with Crippen molar-refractivity contribution in [3.05, 3.63) is 23.8 Å². The number of carbonyl (C=O) groups is 1. The summed E-state index contributed by atoms with van der Waals surface area (Å²) in [7, 11) is 1.51. The predicted molar refractivity (Wildman–Crippen MR) is 98.5 cm³/mol. The Balaban J connectivity index is 1.40. The molecule has 2 fully saturated rings. The molecule has 1 aromatic carbocycles. The molecule has 0 aliphatic carbocycles. The zero-order valence-electron chi connectivity index (χ0n) is 15.4. The molecule has 0 saturated carbocycles. The molecule has 2 N–H and O–H groups in total. The maximum absolute atomic E-state index is 12.4. The summed E-state index contributed by atoms with van der Waals surface area (Å²) in [4.78, 5) is 16.7. The Kier molecular flexibility index (Phi) is 6.57. The number of benzene rings is 1. The maximum atomic E-state index is 12.4. The lowest BCUT2D eigenvalue weighted by Gasteiger charge is -2.37. The van der Waals surface area contributed by atoms with Gasteiger partial charge in [0.1, 0.15) is 0 Å². The molecule has 7 nitrogen and oxygen atoms in total. The first-order valence-electron chi connectivity index (χ1n) is 9.34. The van der Waals surface area contributed by atoms with Crippen LogP contribution in [0.25, 0.3) is 0 Å². The van der Waals surface area contributed by atoms with E-state index in [9.17, 15) is 9.90 Å². The van der Waals surface area contributed by atoms with Crippen LogP contribution < -0.4 is 10.1 Å². The fourth-order valence-corrected chi connectivity index (χ4v) is 3.56. The van der Waals surface area contributed by atoms with Crippen LogP contribution in [0, 0.1) is 5.92 Å². The number of amides is 2. The molecular formula is C19H29N3O4. The minimum absolute atomic E-state index is 0.0500. The van der Waals surface area contributed by atoms with Crippen LogP contribution in [0.4, 0.5) is 4.79 Å². The summed E-state index contributed by atoms with van der Waals surface area (Å²) in [5.74, 6) is 1.24. The number of ether oxygens (including phenoxy) is 2. The number of methoxy groups -OCH3 is 1. The SMILES string of the molecule is COc1ccc(CNC(=O)N2CCN(CC3CCOCC3)CC2)cc1O. The lowest BCUT2D eigenvalue weighted by Crippen LogP contribution is -2.52. The molecule has 2 aliphatic heterocycles. The van der Waals surface area contributed by atoms with Gasteiger partial charge in [-0.25, -0.2) is 4.79 Å². The number of carbonyl (C=O) groups excluding carboxylic acids is 1.